The van der Waals surface area contributed by atoms with Gasteiger partial charge in [0, 0.05) is 12.5 Å². The van der Waals surface area contributed by atoms with E-state index < -0.39 is 12.6 Å². The van der Waals surface area contributed by atoms with Crippen LogP contribution in [0.5, 0.6) is 0 Å². The Labute approximate surface area is 121 Å². The van der Waals surface area contributed by atoms with Crippen molar-refractivity contribution >= 4 is 23.2 Å². The van der Waals surface area contributed by atoms with Gasteiger partial charge in [0.05, 0.1) is 10.0 Å². The van der Waals surface area contributed by atoms with Crippen molar-refractivity contribution < 1.29 is 13.2 Å². The Kier molecular flexibility index (Phi) is 6.43. The van der Waals surface area contributed by atoms with Gasteiger partial charge in [-0.05, 0) is 44.0 Å². The lowest BCUT2D eigenvalue weighted by Crippen LogP contribution is -2.20. The molecule has 19 heavy (non-hydrogen) atoms. The van der Waals surface area contributed by atoms with E-state index >= 15 is 0 Å². The zero-order valence-corrected chi connectivity index (χ0v) is 12.0. The molecule has 0 saturated heterocycles. The highest BCUT2D eigenvalue weighted by molar-refractivity contribution is 6.42. The lowest BCUT2D eigenvalue weighted by molar-refractivity contribution is -0.135. The quantitative estimate of drug-likeness (QED) is 0.695. The summed E-state index contributed by atoms with van der Waals surface area (Å²) in [5.41, 5.74) is 0.963. The van der Waals surface area contributed by atoms with Gasteiger partial charge in [-0.3, -0.25) is 0 Å². The number of rotatable bonds is 6. The second-order valence-corrected chi connectivity index (χ2v) is 5.24. The Morgan fingerprint density at radius 2 is 1.84 bits per heavy atom. The molecule has 0 bridgehead atoms. The molecule has 0 radical (unpaired) electrons. The van der Waals surface area contributed by atoms with Gasteiger partial charge in [0.1, 0.15) is 0 Å². The van der Waals surface area contributed by atoms with Crippen molar-refractivity contribution in [1.82, 2.24) is 5.32 Å². The fraction of sp³-hybridized carbons (Fsp3) is 0.538. The number of benzene rings is 1. The minimum absolute atomic E-state index is 0.0284. The molecule has 1 N–H and O–H groups in total. The fourth-order valence-electron chi connectivity index (χ4n) is 1.67. The van der Waals surface area contributed by atoms with Crippen LogP contribution in [0.15, 0.2) is 18.2 Å². The molecule has 1 aromatic rings. The third-order valence-electron chi connectivity index (χ3n) is 2.78. The van der Waals surface area contributed by atoms with Crippen LogP contribution in [-0.4, -0.2) is 12.7 Å². The normalized spacial score (nSPS) is 13.6. The smallest absolute Gasteiger partial charge is 0.310 e. The molecule has 1 rings (SSSR count). The van der Waals surface area contributed by atoms with Crippen LogP contribution in [0.1, 0.15) is 37.8 Å². The molecule has 0 spiro atoms. The van der Waals surface area contributed by atoms with Gasteiger partial charge in [-0.25, -0.2) is 0 Å². The van der Waals surface area contributed by atoms with E-state index in [-0.39, 0.29) is 12.5 Å². The van der Waals surface area contributed by atoms with E-state index in [4.69, 9.17) is 23.2 Å². The summed E-state index contributed by atoms with van der Waals surface area (Å²) in [4.78, 5) is 0. The van der Waals surface area contributed by atoms with Crippen molar-refractivity contribution in [2.45, 2.75) is 38.4 Å². The first kappa shape index (κ1) is 16.6. The highest BCUT2D eigenvalue weighted by atomic mass is 35.5. The Morgan fingerprint density at radius 1 is 1.16 bits per heavy atom. The number of alkyl halides is 3. The molecule has 0 aliphatic rings. The Bertz CT molecular complexity index is 407. The van der Waals surface area contributed by atoms with E-state index in [2.05, 4.69) is 5.32 Å². The molecule has 0 aliphatic heterocycles. The van der Waals surface area contributed by atoms with Gasteiger partial charge < -0.3 is 5.32 Å². The summed E-state index contributed by atoms with van der Waals surface area (Å²) in [5, 5.41) is 4.13. The molecule has 0 amide bonds. The van der Waals surface area contributed by atoms with Crippen LogP contribution in [0.4, 0.5) is 13.2 Å². The minimum atomic E-state index is -4.06. The average molecular weight is 314 g/mol. The molecule has 1 unspecified atom stereocenters. The van der Waals surface area contributed by atoms with Crippen LogP contribution in [0, 0.1) is 0 Å². The maximum Gasteiger partial charge on any atom is 0.389 e. The largest absolute Gasteiger partial charge is 0.389 e. The van der Waals surface area contributed by atoms with Crippen molar-refractivity contribution in [3.05, 3.63) is 33.8 Å². The molecular formula is C13H16Cl2F3N. The summed E-state index contributed by atoms with van der Waals surface area (Å²) in [6.45, 7) is 2.47. The fourth-order valence-corrected chi connectivity index (χ4v) is 1.98. The van der Waals surface area contributed by atoms with Gasteiger partial charge in [0.25, 0.3) is 0 Å². The highest BCUT2D eigenvalue weighted by Crippen LogP contribution is 2.25. The summed E-state index contributed by atoms with van der Waals surface area (Å²) in [6.07, 6.45) is -4.15. The third-order valence-corrected chi connectivity index (χ3v) is 3.52. The van der Waals surface area contributed by atoms with Gasteiger partial charge >= 0.3 is 6.18 Å². The number of hydrogen-bond donors (Lipinski definition) is 1. The maximum atomic E-state index is 11.9. The van der Waals surface area contributed by atoms with Gasteiger partial charge in [-0.15, -0.1) is 0 Å². The SMILES string of the molecule is CC(NCCCCC(F)(F)F)c1ccc(Cl)c(Cl)c1. The zero-order chi connectivity index (χ0) is 14.5. The van der Waals surface area contributed by atoms with E-state index in [0.717, 1.165) is 5.56 Å². The number of unbranched alkanes of at least 4 members (excludes halogenated alkanes) is 1. The Balaban J connectivity index is 2.31. The second kappa shape index (κ2) is 7.36. The average Bonchev–Trinajstić information content (AvgIpc) is 2.30. The minimum Gasteiger partial charge on any atom is -0.310 e. The molecule has 6 heteroatoms. The molecule has 1 aromatic carbocycles. The van der Waals surface area contributed by atoms with Crippen LogP contribution in [-0.2, 0) is 0 Å². The van der Waals surface area contributed by atoms with Gasteiger partial charge in [0.2, 0.25) is 0 Å². The van der Waals surface area contributed by atoms with Crippen LogP contribution >= 0.6 is 23.2 Å². The van der Waals surface area contributed by atoms with Crippen LogP contribution < -0.4 is 5.32 Å². The van der Waals surface area contributed by atoms with Crippen LogP contribution in [0.3, 0.4) is 0 Å². The molecule has 108 valence electrons. The van der Waals surface area contributed by atoms with Crippen molar-refractivity contribution in [1.29, 1.82) is 0 Å². The van der Waals surface area contributed by atoms with Crippen LogP contribution in [0.2, 0.25) is 10.0 Å². The van der Waals surface area contributed by atoms with Crippen molar-refractivity contribution in [2.24, 2.45) is 0 Å². The van der Waals surface area contributed by atoms with Gasteiger partial charge in [-0.2, -0.15) is 13.2 Å². The summed E-state index contributed by atoms with van der Waals surface area (Å²) < 4.78 is 35.8. The van der Waals surface area contributed by atoms with Crippen molar-refractivity contribution in [2.75, 3.05) is 6.54 Å². The summed E-state index contributed by atoms with van der Waals surface area (Å²) in [6, 6.07) is 5.35. The highest BCUT2D eigenvalue weighted by Gasteiger charge is 2.25. The number of hydrogen-bond acceptors (Lipinski definition) is 1. The molecule has 0 aromatic heterocycles. The molecular weight excluding hydrogens is 298 g/mol. The molecule has 0 fully saturated rings. The second-order valence-electron chi connectivity index (χ2n) is 4.42. The van der Waals surface area contributed by atoms with E-state index in [1.165, 1.54) is 0 Å². The lowest BCUT2D eigenvalue weighted by atomic mass is 10.1. The Morgan fingerprint density at radius 3 is 2.42 bits per heavy atom. The lowest BCUT2D eigenvalue weighted by Gasteiger charge is -2.15. The summed E-state index contributed by atoms with van der Waals surface area (Å²) in [5.74, 6) is 0. The summed E-state index contributed by atoms with van der Waals surface area (Å²) >= 11 is 11.7. The monoisotopic (exact) mass is 313 g/mol. The van der Waals surface area contributed by atoms with E-state index in [1.54, 1.807) is 12.1 Å². The van der Waals surface area contributed by atoms with Crippen LogP contribution in [0.25, 0.3) is 0 Å². The number of halogens is 5. The standard InChI is InChI=1S/C13H16Cl2F3N/c1-9(10-4-5-11(14)12(15)8-10)19-7-3-2-6-13(16,17)18/h4-5,8-9,19H,2-3,6-7H2,1H3. The summed E-state index contributed by atoms with van der Waals surface area (Å²) in [7, 11) is 0. The maximum absolute atomic E-state index is 11.9. The van der Waals surface area contributed by atoms with Crippen molar-refractivity contribution in [3.8, 4) is 0 Å². The molecule has 0 aliphatic carbocycles. The molecule has 1 atom stereocenters. The topological polar surface area (TPSA) is 12.0 Å². The molecule has 0 saturated carbocycles. The van der Waals surface area contributed by atoms with Crippen molar-refractivity contribution in [3.63, 3.8) is 0 Å². The third kappa shape index (κ3) is 6.50. The zero-order valence-electron chi connectivity index (χ0n) is 10.5. The molecule has 1 nitrogen and oxygen atoms in total. The van der Waals surface area contributed by atoms with Gasteiger partial charge in [0.15, 0.2) is 0 Å². The first-order valence-corrected chi connectivity index (χ1v) is 6.80. The van der Waals surface area contributed by atoms with E-state index in [0.29, 0.717) is 23.0 Å². The Hall–Kier alpha value is -0.450. The van der Waals surface area contributed by atoms with Gasteiger partial charge in [-0.1, -0.05) is 29.3 Å². The first-order chi connectivity index (χ1) is 8.79. The van der Waals surface area contributed by atoms with E-state index in [9.17, 15) is 13.2 Å². The van der Waals surface area contributed by atoms with E-state index in [1.807, 2.05) is 13.0 Å². The first-order valence-electron chi connectivity index (χ1n) is 6.04. The number of nitrogens with one attached hydrogen (secondary N) is 1. The predicted octanol–water partition coefficient (Wildman–Crippen LogP) is 5.38. The molecule has 0 heterocycles. The predicted molar refractivity (Wildman–Crippen MR) is 72.8 cm³/mol.